The van der Waals surface area contributed by atoms with Gasteiger partial charge >= 0.3 is 0 Å². The average Bonchev–Trinajstić information content (AvgIpc) is 3.29. The zero-order chi connectivity index (χ0) is 16.4. The zero-order valence-corrected chi connectivity index (χ0v) is 12.9. The Balaban J connectivity index is 1.42. The molecule has 4 rings (SSSR count). The minimum atomic E-state index is -0.226. The van der Waals surface area contributed by atoms with Crippen LogP contribution in [-0.2, 0) is 6.42 Å². The van der Waals surface area contributed by atoms with E-state index in [0.29, 0.717) is 12.3 Å². The van der Waals surface area contributed by atoms with Crippen LogP contribution < -0.4 is 10.1 Å². The quantitative estimate of drug-likeness (QED) is 0.802. The molecular weight excluding hydrogens is 304 g/mol. The molecule has 5 nitrogen and oxygen atoms in total. The molecule has 1 N–H and O–H groups in total. The van der Waals surface area contributed by atoms with E-state index < -0.39 is 0 Å². The fourth-order valence-electron chi connectivity index (χ4n) is 2.85. The molecule has 3 aromatic rings. The first kappa shape index (κ1) is 14.5. The highest BCUT2D eigenvalue weighted by atomic mass is 16.5. The van der Waals surface area contributed by atoms with Crippen LogP contribution in [0.1, 0.15) is 16.1 Å². The molecular formula is C19H16N2O3. The van der Waals surface area contributed by atoms with Crippen molar-refractivity contribution in [2.75, 3.05) is 6.54 Å². The molecule has 0 saturated carbocycles. The van der Waals surface area contributed by atoms with E-state index in [-0.39, 0.29) is 12.0 Å². The number of hydrogen-bond acceptors (Lipinski definition) is 4. The maximum absolute atomic E-state index is 11.9. The first-order valence-electron chi connectivity index (χ1n) is 7.81. The molecule has 1 amide bonds. The maximum Gasteiger partial charge on any atom is 0.287 e. The second kappa shape index (κ2) is 6.20. The summed E-state index contributed by atoms with van der Waals surface area (Å²) >= 11 is 0. The second-order valence-corrected chi connectivity index (χ2v) is 5.70. The van der Waals surface area contributed by atoms with Gasteiger partial charge in [0, 0.05) is 24.4 Å². The lowest BCUT2D eigenvalue weighted by molar-refractivity contribution is 0.0906. The van der Waals surface area contributed by atoms with Crippen molar-refractivity contribution in [1.29, 1.82) is 0 Å². The van der Waals surface area contributed by atoms with Crippen LogP contribution in [0.4, 0.5) is 0 Å². The average molecular weight is 320 g/mol. The van der Waals surface area contributed by atoms with Crippen LogP contribution in [0, 0.1) is 0 Å². The highest BCUT2D eigenvalue weighted by Crippen LogP contribution is 2.32. The molecule has 0 radical (unpaired) electrons. The number of fused-ring (bicyclic) bond motifs is 1. The smallest absolute Gasteiger partial charge is 0.287 e. The van der Waals surface area contributed by atoms with Gasteiger partial charge in [0.25, 0.3) is 5.91 Å². The Bertz CT molecular complexity index is 844. The predicted molar refractivity (Wildman–Crippen MR) is 88.8 cm³/mol. The van der Waals surface area contributed by atoms with Crippen LogP contribution in [0.2, 0.25) is 0 Å². The number of rotatable bonds is 4. The van der Waals surface area contributed by atoms with Crippen molar-refractivity contribution in [3.63, 3.8) is 0 Å². The van der Waals surface area contributed by atoms with Gasteiger partial charge in [0.1, 0.15) is 11.9 Å². The molecule has 120 valence electrons. The number of aromatic nitrogens is 1. The van der Waals surface area contributed by atoms with Gasteiger partial charge in [-0.1, -0.05) is 12.1 Å². The minimum absolute atomic E-state index is 0.0666. The molecule has 3 heterocycles. The van der Waals surface area contributed by atoms with Crippen molar-refractivity contribution in [1.82, 2.24) is 10.3 Å². The summed E-state index contributed by atoms with van der Waals surface area (Å²) in [6, 6.07) is 13.4. The van der Waals surface area contributed by atoms with E-state index >= 15 is 0 Å². The number of carbonyl (C=O) groups excluding carboxylic acids is 1. The second-order valence-electron chi connectivity index (χ2n) is 5.70. The highest BCUT2D eigenvalue weighted by molar-refractivity contribution is 5.91. The van der Waals surface area contributed by atoms with E-state index in [0.717, 1.165) is 28.9 Å². The normalized spacial score (nSPS) is 15.6. The first-order chi connectivity index (χ1) is 11.8. The van der Waals surface area contributed by atoms with E-state index in [1.807, 2.05) is 30.5 Å². The Morgan fingerprint density at radius 1 is 1.21 bits per heavy atom. The molecule has 2 aromatic heterocycles. The van der Waals surface area contributed by atoms with E-state index in [4.69, 9.17) is 9.15 Å². The molecule has 5 heteroatoms. The lowest BCUT2D eigenvalue weighted by atomic mass is 10.0. The van der Waals surface area contributed by atoms with Gasteiger partial charge in [0.2, 0.25) is 0 Å². The number of nitrogens with zero attached hydrogens (tertiary/aromatic N) is 1. The van der Waals surface area contributed by atoms with E-state index in [1.165, 1.54) is 6.26 Å². The van der Waals surface area contributed by atoms with Gasteiger partial charge in [-0.3, -0.25) is 9.78 Å². The summed E-state index contributed by atoms with van der Waals surface area (Å²) in [7, 11) is 0. The van der Waals surface area contributed by atoms with Crippen molar-refractivity contribution >= 4 is 5.91 Å². The zero-order valence-electron chi connectivity index (χ0n) is 12.9. The summed E-state index contributed by atoms with van der Waals surface area (Å²) in [4.78, 5) is 16.1. The van der Waals surface area contributed by atoms with Gasteiger partial charge in [-0.15, -0.1) is 0 Å². The molecule has 0 aliphatic carbocycles. The minimum Gasteiger partial charge on any atom is -0.488 e. The fraction of sp³-hybridized carbons (Fsp3) is 0.158. The molecule has 1 atom stereocenters. The van der Waals surface area contributed by atoms with Gasteiger partial charge in [-0.05, 0) is 41.5 Å². The van der Waals surface area contributed by atoms with Crippen molar-refractivity contribution < 1.29 is 13.9 Å². The molecule has 0 spiro atoms. The monoisotopic (exact) mass is 320 g/mol. The van der Waals surface area contributed by atoms with Crippen molar-refractivity contribution in [3.05, 3.63) is 72.4 Å². The number of carbonyl (C=O) groups is 1. The van der Waals surface area contributed by atoms with Gasteiger partial charge in [-0.2, -0.15) is 0 Å². The largest absolute Gasteiger partial charge is 0.488 e. The number of nitrogens with one attached hydrogen (secondary N) is 1. The van der Waals surface area contributed by atoms with Crippen LogP contribution in [-0.4, -0.2) is 23.5 Å². The predicted octanol–water partition coefficient (Wildman–Crippen LogP) is 3.08. The third-order valence-corrected chi connectivity index (χ3v) is 4.03. The maximum atomic E-state index is 11.9. The van der Waals surface area contributed by atoms with E-state index in [1.54, 1.807) is 18.3 Å². The molecule has 0 bridgehead atoms. The topological polar surface area (TPSA) is 64.4 Å². The number of benzene rings is 1. The van der Waals surface area contributed by atoms with Crippen LogP contribution in [0.25, 0.3) is 11.1 Å². The van der Waals surface area contributed by atoms with Crippen molar-refractivity contribution in [2.45, 2.75) is 12.5 Å². The number of ether oxygens (including phenoxy) is 1. The Hall–Kier alpha value is -3.08. The summed E-state index contributed by atoms with van der Waals surface area (Å²) in [5.41, 5.74) is 3.34. The summed E-state index contributed by atoms with van der Waals surface area (Å²) < 4.78 is 11.0. The Morgan fingerprint density at radius 3 is 2.96 bits per heavy atom. The number of pyridine rings is 1. The van der Waals surface area contributed by atoms with Crippen LogP contribution >= 0.6 is 0 Å². The van der Waals surface area contributed by atoms with Gasteiger partial charge in [-0.25, -0.2) is 0 Å². The fourth-order valence-corrected chi connectivity index (χ4v) is 2.85. The van der Waals surface area contributed by atoms with Gasteiger partial charge < -0.3 is 14.5 Å². The molecule has 1 aliphatic heterocycles. The summed E-state index contributed by atoms with van der Waals surface area (Å²) in [5, 5.41) is 2.84. The Kier molecular flexibility index (Phi) is 3.75. The number of furan rings is 1. The third-order valence-electron chi connectivity index (χ3n) is 4.03. The van der Waals surface area contributed by atoms with Crippen LogP contribution in [0.15, 0.2) is 65.5 Å². The van der Waals surface area contributed by atoms with Gasteiger partial charge in [0.05, 0.1) is 12.8 Å². The van der Waals surface area contributed by atoms with Crippen molar-refractivity contribution in [3.8, 4) is 16.9 Å². The molecule has 0 unspecified atom stereocenters. The summed E-state index contributed by atoms with van der Waals surface area (Å²) in [5.74, 6) is 0.958. The van der Waals surface area contributed by atoms with Crippen LogP contribution in [0.3, 0.4) is 0 Å². The lowest BCUT2D eigenvalue weighted by Crippen LogP contribution is -2.34. The third kappa shape index (κ3) is 2.88. The molecule has 0 saturated heterocycles. The Labute approximate surface area is 139 Å². The van der Waals surface area contributed by atoms with E-state index in [2.05, 4.69) is 16.4 Å². The molecule has 1 aromatic carbocycles. The number of hydrogen-bond donors (Lipinski definition) is 1. The van der Waals surface area contributed by atoms with Crippen molar-refractivity contribution in [2.24, 2.45) is 0 Å². The summed E-state index contributed by atoms with van der Waals surface area (Å²) in [6.07, 6.45) is 5.79. The standard InChI is InChI=1S/C19H16N2O3/c22-19(18-4-2-8-23-18)21-12-16-10-15-9-13(5-6-17(15)24-16)14-3-1-7-20-11-14/h1-9,11,16H,10,12H2,(H,21,22)/t16-/m1/s1. The SMILES string of the molecule is O=C(NC[C@H]1Cc2cc(-c3cccnc3)ccc2O1)c1ccco1. The Morgan fingerprint density at radius 2 is 2.17 bits per heavy atom. The number of amides is 1. The lowest BCUT2D eigenvalue weighted by Gasteiger charge is -2.11. The van der Waals surface area contributed by atoms with Gasteiger partial charge in [0.15, 0.2) is 5.76 Å². The van der Waals surface area contributed by atoms with E-state index in [9.17, 15) is 4.79 Å². The molecule has 1 aliphatic rings. The molecule has 24 heavy (non-hydrogen) atoms. The first-order valence-corrected chi connectivity index (χ1v) is 7.81. The molecule has 0 fully saturated rings. The highest BCUT2D eigenvalue weighted by Gasteiger charge is 2.24. The summed E-state index contributed by atoms with van der Waals surface area (Å²) in [6.45, 7) is 0.441. The van der Waals surface area contributed by atoms with Crippen LogP contribution in [0.5, 0.6) is 5.75 Å².